The quantitative estimate of drug-likeness (QED) is 0.645. The number of carbonyl (C=O) groups excluding carboxylic acids is 1. The Bertz CT molecular complexity index is 981. The van der Waals surface area contributed by atoms with Crippen LogP contribution in [0.3, 0.4) is 0 Å². The molecule has 0 unspecified atom stereocenters. The molecule has 1 aliphatic rings. The van der Waals surface area contributed by atoms with E-state index in [-0.39, 0.29) is 11.5 Å². The number of hydrogen-bond donors (Lipinski definition) is 0. The smallest absolute Gasteiger partial charge is 0.273 e. The van der Waals surface area contributed by atoms with Gasteiger partial charge in [0.1, 0.15) is 5.69 Å². The average molecular weight is 396 g/mol. The molecular formula is C19H20N6O2S. The van der Waals surface area contributed by atoms with Gasteiger partial charge in [0.2, 0.25) is 0 Å². The van der Waals surface area contributed by atoms with Crippen molar-refractivity contribution < 1.29 is 4.79 Å². The van der Waals surface area contributed by atoms with Gasteiger partial charge in [0.15, 0.2) is 0 Å². The van der Waals surface area contributed by atoms with Crippen molar-refractivity contribution in [2.45, 2.75) is 6.54 Å². The van der Waals surface area contributed by atoms with Crippen molar-refractivity contribution in [1.82, 2.24) is 29.5 Å². The molecule has 3 aromatic heterocycles. The van der Waals surface area contributed by atoms with Crippen molar-refractivity contribution in [2.24, 2.45) is 0 Å². The van der Waals surface area contributed by atoms with Gasteiger partial charge >= 0.3 is 0 Å². The van der Waals surface area contributed by atoms with Crippen LogP contribution in [0.1, 0.15) is 10.5 Å². The monoisotopic (exact) mass is 396 g/mol. The summed E-state index contributed by atoms with van der Waals surface area (Å²) < 4.78 is 1.50. The number of thiazole rings is 1. The Morgan fingerprint density at radius 2 is 1.96 bits per heavy atom. The first kappa shape index (κ1) is 18.5. The van der Waals surface area contributed by atoms with Crippen molar-refractivity contribution in [2.75, 3.05) is 32.7 Å². The van der Waals surface area contributed by atoms with Gasteiger partial charge in [-0.3, -0.25) is 19.5 Å². The van der Waals surface area contributed by atoms with Crippen LogP contribution in [0.2, 0.25) is 0 Å². The highest BCUT2D eigenvalue weighted by atomic mass is 32.1. The number of nitrogens with zero attached hydrogens (tertiary/aromatic N) is 6. The number of piperazine rings is 1. The summed E-state index contributed by atoms with van der Waals surface area (Å²) in [5.74, 6) is -0.0112. The van der Waals surface area contributed by atoms with E-state index < -0.39 is 0 Å². The highest BCUT2D eigenvalue weighted by Gasteiger charge is 2.23. The second kappa shape index (κ2) is 8.41. The molecule has 0 bridgehead atoms. The first-order valence-corrected chi connectivity index (χ1v) is 10.0. The molecule has 144 valence electrons. The molecule has 8 nitrogen and oxygen atoms in total. The summed E-state index contributed by atoms with van der Waals surface area (Å²) in [5, 5.41) is 6.25. The summed E-state index contributed by atoms with van der Waals surface area (Å²) in [5.41, 5.74) is 3.68. The SMILES string of the molecule is O=C(c1cscn1)N1CCN(CCn2nc(-c3cccnc3)ccc2=O)CC1. The minimum atomic E-state index is -0.120. The summed E-state index contributed by atoms with van der Waals surface area (Å²) >= 11 is 1.43. The number of aromatic nitrogens is 4. The molecule has 0 atom stereocenters. The molecule has 1 amide bonds. The maximum atomic E-state index is 12.4. The Kier molecular flexibility index (Phi) is 5.54. The van der Waals surface area contributed by atoms with Gasteiger partial charge in [-0.15, -0.1) is 11.3 Å². The third kappa shape index (κ3) is 4.15. The summed E-state index contributed by atoms with van der Waals surface area (Å²) in [6.45, 7) is 4.08. The largest absolute Gasteiger partial charge is 0.335 e. The fourth-order valence-corrected chi connectivity index (χ4v) is 3.69. The Morgan fingerprint density at radius 3 is 2.68 bits per heavy atom. The molecule has 4 rings (SSSR count). The van der Waals surface area contributed by atoms with Crippen LogP contribution in [0.15, 0.2) is 52.3 Å². The van der Waals surface area contributed by atoms with Crippen LogP contribution < -0.4 is 5.56 Å². The minimum absolute atomic E-state index is 0.0112. The number of hydrogen-bond acceptors (Lipinski definition) is 7. The third-order valence-corrected chi connectivity index (χ3v) is 5.35. The summed E-state index contributed by atoms with van der Waals surface area (Å²) in [6, 6.07) is 7.03. The van der Waals surface area contributed by atoms with Crippen molar-refractivity contribution in [1.29, 1.82) is 0 Å². The fourth-order valence-electron chi connectivity index (χ4n) is 3.17. The lowest BCUT2D eigenvalue weighted by molar-refractivity contribution is 0.0626. The van der Waals surface area contributed by atoms with E-state index in [1.165, 1.54) is 16.0 Å². The highest BCUT2D eigenvalue weighted by molar-refractivity contribution is 7.07. The molecule has 0 radical (unpaired) electrons. The predicted octanol–water partition coefficient (Wildman–Crippen LogP) is 1.22. The van der Waals surface area contributed by atoms with Crippen LogP contribution in [0.25, 0.3) is 11.3 Å². The number of rotatable bonds is 5. The van der Waals surface area contributed by atoms with Gasteiger partial charge in [0.25, 0.3) is 11.5 Å². The fraction of sp³-hybridized carbons (Fsp3) is 0.316. The van der Waals surface area contributed by atoms with E-state index in [9.17, 15) is 9.59 Å². The lowest BCUT2D eigenvalue weighted by Gasteiger charge is -2.34. The van der Waals surface area contributed by atoms with Crippen molar-refractivity contribution >= 4 is 17.2 Å². The Morgan fingerprint density at radius 1 is 1.11 bits per heavy atom. The molecule has 0 aromatic carbocycles. The van der Waals surface area contributed by atoms with Gasteiger partial charge in [0, 0.05) is 62.1 Å². The van der Waals surface area contributed by atoms with E-state index >= 15 is 0 Å². The molecule has 4 heterocycles. The zero-order valence-electron chi connectivity index (χ0n) is 15.3. The van der Waals surface area contributed by atoms with Crippen molar-refractivity contribution in [3.63, 3.8) is 0 Å². The van der Waals surface area contributed by atoms with E-state index in [4.69, 9.17) is 0 Å². The second-order valence-corrected chi connectivity index (χ2v) is 7.25. The Labute approximate surface area is 166 Å². The van der Waals surface area contributed by atoms with E-state index in [1.807, 2.05) is 17.0 Å². The second-order valence-electron chi connectivity index (χ2n) is 6.53. The van der Waals surface area contributed by atoms with Crippen LogP contribution in [0.4, 0.5) is 0 Å². The molecule has 1 saturated heterocycles. The molecule has 0 aliphatic carbocycles. The van der Waals surface area contributed by atoms with Gasteiger partial charge < -0.3 is 4.90 Å². The third-order valence-electron chi connectivity index (χ3n) is 4.76. The summed E-state index contributed by atoms with van der Waals surface area (Å²) in [6.07, 6.45) is 3.44. The maximum Gasteiger partial charge on any atom is 0.273 e. The predicted molar refractivity (Wildman–Crippen MR) is 106 cm³/mol. The molecule has 0 saturated carbocycles. The minimum Gasteiger partial charge on any atom is -0.335 e. The number of carbonyl (C=O) groups is 1. The molecule has 0 spiro atoms. The number of pyridine rings is 1. The highest BCUT2D eigenvalue weighted by Crippen LogP contribution is 2.13. The molecule has 1 aliphatic heterocycles. The van der Waals surface area contributed by atoms with Gasteiger partial charge in [-0.1, -0.05) is 0 Å². The molecule has 9 heteroatoms. The van der Waals surface area contributed by atoms with E-state index in [1.54, 1.807) is 35.4 Å². The van der Waals surface area contributed by atoms with Crippen LogP contribution in [-0.4, -0.2) is 68.2 Å². The first-order valence-electron chi connectivity index (χ1n) is 9.09. The van der Waals surface area contributed by atoms with Gasteiger partial charge in [0.05, 0.1) is 17.7 Å². The normalized spacial score (nSPS) is 14.9. The number of amides is 1. The molecule has 28 heavy (non-hydrogen) atoms. The lowest BCUT2D eigenvalue weighted by atomic mass is 10.2. The van der Waals surface area contributed by atoms with Crippen LogP contribution in [0.5, 0.6) is 0 Å². The van der Waals surface area contributed by atoms with Crippen molar-refractivity contribution in [3.8, 4) is 11.3 Å². The van der Waals surface area contributed by atoms with Crippen LogP contribution in [-0.2, 0) is 6.54 Å². The topological polar surface area (TPSA) is 84.2 Å². The Balaban J connectivity index is 1.34. The molecule has 3 aromatic rings. The van der Waals surface area contributed by atoms with E-state index in [2.05, 4.69) is 20.0 Å². The van der Waals surface area contributed by atoms with Gasteiger partial charge in [-0.25, -0.2) is 9.67 Å². The van der Waals surface area contributed by atoms with Crippen molar-refractivity contribution in [3.05, 3.63) is 63.6 Å². The molecule has 1 fully saturated rings. The zero-order valence-corrected chi connectivity index (χ0v) is 16.1. The molecular weight excluding hydrogens is 376 g/mol. The Hall–Kier alpha value is -2.91. The van der Waals surface area contributed by atoms with Gasteiger partial charge in [-0.2, -0.15) is 5.10 Å². The average Bonchev–Trinajstić information content (AvgIpc) is 3.29. The summed E-state index contributed by atoms with van der Waals surface area (Å²) in [7, 11) is 0. The summed E-state index contributed by atoms with van der Waals surface area (Å²) in [4.78, 5) is 36.8. The molecule has 0 N–H and O–H groups in total. The first-order chi connectivity index (χ1) is 13.7. The van der Waals surface area contributed by atoms with Gasteiger partial charge in [-0.05, 0) is 18.2 Å². The lowest BCUT2D eigenvalue weighted by Crippen LogP contribution is -2.49. The standard InChI is InChI=1S/C19H20N6O2S/c26-18-4-3-16(15-2-1-5-20-12-15)22-25(18)11-8-23-6-9-24(10-7-23)19(27)17-13-28-14-21-17/h1-5,12-14H,6-11H2. The van der Waals surface area contributed by atoms with Crippen LogP contribution >= 0.6 is 11.3 Å². The van der Waals surface area contributed by atoms with E-state index in [0.29, 0.717) is 31.9 Å². The van der Waals surface area contributed by atoms with E-state index in [0.717, 1.165) is 24.3 Å². The maximum absolute atomic E-state index is 12.4. The zero-order chi connectivity index (χ0) is 19.3. The van der Waals surface area contributed by atoms with Crippen LogP contribution in [0, 0.1) is 0 Å².